The summed E-state index contributed by atoms with van der Waals surface area (Å²) in [5.41, 5.74) is 7.34. The smallest absolute Gasteiger partial charge is 0.0517 e. The van der Waals surface area contributed by atoms with E-state index in [4.69, 9.17) is 28.9 Å². The highest BCUT2D eigenvalue weighted by molar-refractivity contribution is 6.33. The standard InChI is InChI=1S/C13H16Cl2N2/c14-8-1-4-11(15)10(7-8)13-12(16)5-6-17(13)9-2-3-9/h1,4,7,9,12-13H,2-3,5-6,16H2. The van der Waals surface area contributed by atoms with E-state index < -0.39 is 0 Å². The Bertz CT molecular complexity index is 431. The van der Waals surface area contributed by atoms with Gasteiger partial charge in [0.25, 0.3) is 0 Å². The van der Waals surface area contributed by atoms with Crippen LogP contribution < -0.4 is 5.73 Å². The molecule has 1 saturated heterocycles. The van der Waals surface area contributed by atoms with Crippen LogP contribution in [0.3, 0.4) is 0 Å². The highest BCUT2D eigenvalue weighted by Gasteiger charge is 2.41. The Morgan fingerprint density at radius 1 is 1.18 bits per heavy atom. The van der Waals surface area contributed by atoms with E-state index in [1.165, 1.54) is 12.8 Å². The monoisotopic (exact) mass is 270 g/mol. The minimum absolute atomic E-state index is 0.173. The summed E-state index contributed by atoms with van der Waals surface area (Å²) in [5, 5.41) is 1.52. The first-order valence-corrected chi connectivity index (χ1v) is 6.88. The van der Waals surface area contributed by atoms with E-state index in [0.717, 1.165) is 28.6 Å². The molecule has 92 valence electrons. The summed E-state index contributed by atoms with van der Waals surface area (Å²) < 4.78 is 0. The van der Waals surface area contributed by atoms with Gasteiger partial charge in [0, 0.05) is 28.7 Å². The molecule has 0 radical (unpaired) electrons. The summed E-state index contributed by atoms with van der Waals surface area (Å²) in [6.45, 7) is 1.08. The second kappa shape index (κ2) is 4.43. The minimum atomic E-state index is 0.173. The van der Waals surface area contributed by atoms with Crippen molar-refractivity contribution in [3.8, 4) is 0 Å². The fourth-order valence-corrected chi connectivity index (χ4v) is 3.22. The molecule has 2 N–H and O–H groups in total. The Morgan fingerprint density at radius 3 is 2.65 bits per heavy atom. The molecule has 1 aliphatic heterocycles. The number of hydrogen-bond donors (Lipinski definition) is 1. The van der Waals surface area contributed by atoms with Crippen molar-refractivity contribution >= 4 is 23.2 Å². The summed E-state index contributed by atoms with van der Waals surface area (Å²) in [4.78, 5) is 2.50. The molecule has 1 aromatic carbocycles. The van der Waals surface area contributed by atoms with Crippen LogP contribution in [0.2, 0.25) is 10.0 Å². The van der Waals surface area contributed by atoms with Gasteiger partial charge in [-0.1, -0.05) is 23.2 Å². The maximum Gasteiger partial charge on any atom is 0.0517 e. The molecule has 0 spiro atoms. The van der Waals surface area contributed by atoms with Crippen LogP contribution >= 0.6 is 23.2 Å². The fourth-order valence-electron chi connectivity index (χ4n) is 2.81. The van der Waals surface area contributed by atoms with E-state index in [9.17, 15) is 0 Å². The van der Waals surface area contributed by atoms with Gasteiger partial charge in [-0.25, -0.2) is 0 Å². The number of benzene rings is 1. The van der Waals surface area contributed by atoms with Crippen molar-refractivity contribution in [2.24, 2.45) is 5.73 Å². The van der Waals surface area contributed by atoms with Gasteiger partial charge in [-0.3, -0.25) is 4.90 Å². The maximum absolute atomic E-state index is 6.29. The molecule has 1 heterocycles. The zero-order valence-corrected chi connectivity index (χ0v) is 11.1. The molecule has 4 heteroatoms. The van der Waals surface area contributed by atoms with Crippen molar-refractivity contribution in [3.63, 3.8) is 0 Å². The predicted octanol–water partition coefficient (Wildman–Crippen LogP) is 3.23. The fraction of sp³-hybridized carbons (Fsp3) is 0.538. The molecule has 2 unspecified atom stereocenters. The van der Waals surface area contributed by atoms with Crippen LogP contribution in [-0.2, 0) is 0 Å². The van der Waals surface area contributed by atoms with E-state index >= 15 is 0 Å². The van der Waals surface area contributed by atoms with Crippen molar-refractivity contribution in [1.82, 2.24) is 4.90 Å². The first-order chi connectivity index (χ1) is 8.16. The maximum atomic E-state index is 6.29. The zero-order valence-electron chi connectivity index (χ0n) is 9.57. The van der Waals surface area contributed by atoms with Crippen molar-refractivity contribution in [3.05, 3.63) is 33.8 Å². The van der Waals surface area contributed by atoms with Gasteiger partial charge in [-0.05, 0) is 43.0 Å². The third-order valence-electron chi connectivity index (χ3n) is 3.78. The van der Waals surface area contributed by atoms with Crippen LogP contribution in [0.4, 0.5) is 0 Å². The van der Waals surface area contributed by atoms with Gasteiger partial charge >= 0.3 is 0 Å². The number of nitrogens with two attached hydrogens (primary N) is 1. The Hall–Kier alpha value is -0.280. The van der Waals surface area contributed by atoms with E-state index in [-0.39, 0.29) is 12.1 Å². The van der Waals surface area contributed by atoms with Gasteiger partial charge in [-0.15, -0.1) is 0 Å². The normalized spacial score (nSPS) is 29.8. The number of nitrogens with zero attached hydrogens (tertiary/aromatic N) is 1. The zero-order chi connectivity index (χ0) is 12.0. The number of halogens is 2. The lowest BCUT2D eigenvalue weighted by Crippen LogP contribution is -2.33. The van der Waals surface area contributed by atoms with E-state index in [1.807, 2.05) is 18.2 Å². The second-order valence-corrected chi connectivity index (χ2v) is 5.88. The molecule has 0 amide bonds. The minimum Gasteiger partial charge on any atom is -0.326 e. The summed E-state index contributed by atoms with van der Waals surface area (Å²) in [5.74, 6) is 0. The SMILES string of the molecule is NC1CCN(C2CC2)C1c1cc(Cl)ccc1Cl. The van der Waals surface area contributed by atoms with E-state index in [0.29, 0.717) is 6.04 Å². The molecule has 1 aromatic rings. The lowest BCUT2D eigenvalue weighted by molar-refractivity contribution is 0.237. The summed E-state index contributed by atoms with van der Waals surface area (Å²) in [6.07, 6.45) is 3.63. The molecular formula is C13H16Cl2N2. The van der Waals surface area contributed by atoms with Crippen molar-refractivity contribution in [2.75, 3.05) is 6.54 Å². The highest BCUT2D eigenvalue weighted by atomic mass is 35.5. The topological polar surface area (TPSA) is 29.3 Å². The van der Waals surface area contributed by atoms with Gasteiger partial charge in [-0.2, -0.15) is 0 Å². The average Bonchev–Trinajstić information content (AvgIpc) is 3.07. The molecule has 1 saturated carbocycles. The lowest BCUT2D eigenvalue weighted by atomic mass is 10.0. The molecule has 0 bridgehead atoms. The largest absolute Gasteiger partial charge is 0.326 e. The molecule has 17 heavy (non-hydrogen) atoms. The second-order valence-electron chi connectivity index (χ2n) is 5.03. The van der Waals surface area contributed by atoms with Gasteiger partial charge in [0.1, 0.15) is 0 Å². The first-order valence-electron chi connectivity index (χ1n) is 6.13. The molecule has 0 aromatic heterocycles. The van der Waals surface area contributed by atoms with Crippen LogP contribution in [0.5, 0.6) is 0 Å². The predicted molar refractivity (Wildman–Crippen MR) is 71.5 cm³/mol. The quantitative estimate of drug-likeness (QED) is 0.894. The number of hydrogen-bond acceptors (Lipinski definition) is 2. The van der Waals surface area contributed by atoms with Gasteiger partial charge in [0.05, 0.1) is 6.04 Å². The summed E-state index contributed by atoms with van der Waals surface area (Å²) in [7, 11) is 0. The van der Waals surface area contributed by atoms with Crippen LogP contribution in [0.15, 0.2) is 18.2 Å². The molecule has 2 nitrogen and oxygen atoms in total. The Labute approximate surface area is 112 Å². The Kier molecular flexibility index (Phi) is 3.07. The van der Waals surface area contributed by atoms with Crippen molar-refractivity contribution in [1.29, 1.82) is 0 Å². The number of likely N-dealkylation sites (tertiary alicyclic amines) is 1. The van der Waals surface area contributed by atoms with Crippen LogP contribution in [0, 0.1) is 0 Å². The van der Waals surface area contributed by atoms with Crippen LogP contribution in [-0.4, -0.2) is 23.5 Å². The van der Waals surface area contributed by atoms with E-state index in [1.54, 1.807) is 0 Å². The molecular weight excluding hydrogens is 255 g/mol. The number of rotatable bonds is 2. The average molecular weight is 271 g/mol. The van der Waals surface area contributed by atoms with Gasteiger partial charge in [0.15, 0.2) is 0 Å². The van der Waals surface area contributed by atoms with Crippen LogP contribution in [0.1, 0.15) is 30.9 Å². The summed E-state index contributed by atoms with van der Waals surface area (Å²) >= 11 is 12.4. The molecule has 2 fully saturated rings. The Morgan fingerprint density at radius 2 is 1.94 bits per heavy atom. The van der Waals surface area contributed by atoms with Crippen LogP contribution in [0.25, 0.3) is 0 Å². The van der Waals surface area contributed by atoms with Gasteiger partial charge < -0.3 is 5.73 Å². The highest BCUT2D eigenvalue weighted by Crippen LogP contribution is 2.42. The van der Waals surface area contributed by atoms with Crippen molar-refractivity contribution < 1.29 is 0 Å². The lowest BCUT2D eigenvalue weighted by Gasteiger charge is -2.28. The molecule has 1 aliphatic carbocycles. The molecule has 2 aliphatic rings. The first kappa shape index (κ1) is 11.8. The van der Waals surface area contributed by atoms with Crippen molar-refractivity contribution in [2.45, 2.75) is 37.4 Å². The molecule has 2 atom stereocenters. The van der Waals surface area contributed by atoms with E-state index in [2.05, 4.69) is 4.90 Å². The summed E-state index contributed by atoms with van der Waals surface area (Å²) in [6, 6.07) is 6.80. The Balaban J connectivity index is 1.97. The third-order valence-corrected chi connectivity index (χ3v) is 4.36. The third kappa shape index (κ3) is 2.19. The molecule has 3 rings (SSSR count). The van der Waals surface area contributed by atoms with Gasteiger partial charge in [0.2, 0.25) is 0 Å².